The smallest absolute Gasteiger partial charge is 0.303 e. The van der Waals surface area contributed by atoms with Gasteiger partial charge in [0.25, 0.3) is 0 Å². The molecule has 8 heteroatoms. The van der Waals surface area contributed by atoms with Crippen LogP contribution in [-0.4, -0.2) is 45.4 Å². The minimum absolute atomic E-state index is 0.141. The van der Waals surface area contributed by atoms with E-state index in [-0.39, 0.29) is 48.6 Å². The summed E-state index contributed by atoms with van der Waals surface area (Å²) in [6, 6.07) is 0. The van der Waals surface area contributed by atoms with Gasteiger partial charge >= 0.3 is 5.97 Å². The first-order chi connectivity index (χ1) is 12.5. The second kappa shape index (κ2) is 10.4. The fourth-order valence-corrected chi connectivity index (χ4v) is 2.61. The summed E-state index contributed by atoms with van der Waals surface area (Å²) in [5, 5.41) is 17.3. The fourth-order valence-electron chi connectivity index (χ4n) is 2.61. The largest absolute Gasteiger partial charge is 0.481 e. The predicted molar refractivity (Wildman–Crippen MR) is 108 cm³/mol. The van der Waals surface area contributed by atoms with Crippen molar-refractivity contribution in [3.05, 3.63) is 0 Å². The summed E-state index contributed by atoms with van der Waals surface area (Å²) in [4.78, 5) is 47.1. The fraction of sp³-hybridized carbons (Fsp3) is 0.800. The molecule has 0 spiro atoms. The average molecular weight is 400 g/mol. The lowest BCUT2D eigenvalue weighted by atomic mass is 9.89. The van der Waals surface area contributed by atoms with Crippen molar-refractivity contribution in [3.8, 4) is 0 Å². The second-order valence-corrected chi connectivity index (χ2v) is 9.60. The molecule has 0 unspecified atom stereocenters. The highest BCUT2D eigenvalue weighted by Crippen LogP contribution is 2.20. The highest BCUT2D eigenvalue weighted by molar-refractivity contribution is 5.82. The van der Waals surface area contributed by atoms with Crippen molar-refractivity contribution in [2.24, 2.45) is 0 Å². The first-order valence-corrected chi connectivity index (χ1v) is 9.66. The van der Waals surface area contributed by atoms with Crippen molar-refractivity contribution in [2.45, 2.75) is 104 Å². The van der Waals surface area contributed by atoms with Crippen LogP contribution in [-0.2, 0) is 19.2 Å². The molecule has 0 saturated carbocycles. The van der Waals surface area contributed by atoms with Crippen LogP contribution in [0, 0.1) is 0 Å². The van der Waals surface area contributed by atoms with Crippen LogP contribution in [0.15, 0.2) is 0 Å². The van der Waals surface area contributed by atoms with Crippen LogP contribution >= 0.6 is 0 Å². The minimum Gasteiger partial charge on any atom is -0.481 e. The lowest BCUT2D eigenvalue weighted by Crippen LogP contribution is -2.49. The number of carboxylic acid groups (broad SMARTS) is 1. The molecule has 8 nitrogen and oxygen atoms in total. The molecule has 3 amide bonds. The number of nitrogens with one attached hydrogen (secondary N) is 3. The van der Waals surface area contributed by atoms with Crippen LogP contribution in [0.5, 0.6) is 0 Å². The SMILES string of the molecule is CC(C)(C)NC(=O)CCC(C)(CCC(=O)NC(C)(C)C)NC(=O)CCC(=O)O. The van der Waals surface area contributed by atoms with Gasteiger partial charge in [-0.3, -0.25) is 19.2 Å². The number of aliphatic carboxylic acids is 1. The monoisotopic (exact) mass is 399 g/mol. The van der Waals surface area contributed by atoms with E-state index in [9.17, 15) is 19.2 Å². The Morgan fingerprint density at radius 2 is 0.964 bits per heavy atom. The quantitative estimate of drug-likeness (QED) is 0.448. The standard InChI is InChI=1S/C20H37N3O5/c1-18(2,3)21-15(25)10-12-20(7,23-14(24)8-9-17(27)28)13-11-16(26)22-19(4,5)6/h8-13H2,1-7H3,(H,21,25)(H,22,26)(H,23,24)(H,27,28). The van der Waals surface area contributed by atoms with Crippen molar-refractivity contribution in [1.29, 1.82) is 0 Å². The molecule has 0 heterocycles. The van der Waals surface area contributed by atoms with Gasteiger partial charge in [0.05, 0.1) is 6.42 Å². The van der Waals surface area contributed by atoms with E-state index in [0.717, 1.165) is 0 Å². The van der Waals surface area contributed by atoms with Crippen molar-refractivity contribution in [2.75, 3.05) is 0 Å². The van der Waals surface area contributed by atoms with Crippen LogP contribution in [0.25, 0.3) is 0 Å². The minimum atomic E-state index is -1.05. The topological polar surface area (TPSA) is 125 Å². The third kappa shape index (κ3) is 14.0. The third-order valence-corrected chi connectivity index (χ3v) is 3.84. The van der Waals surface area contributed by atoms with Crippen LogP contribution in [0.1, 0.15) is 87.0 Å². The number of hydrogen-bond donors (Lipinski definition) is 4. The highest BCUT2D eigenvalue weighted by Gasteiger charge is 2.29. The lowest BCUT2D eigenvalue weighted by molar-refractivity contribution is -0.139. The second-order valence-electron chi connectivity index (χ2n) is 9.60. The van der Waals surface area contributed by atoms with E-state index in [2.05, 4.69) is 16.0 Å². The van der Waals surface area contributed by atoms with E-state index in [1.165, 1.54) is 0 Å². The first kappa shape index (κ1) is 25.9. The van der Waals surface area contributed by atoms with Crippen LogP contribution < -0.4 is 16.0 Å². The van der Waals surface area contributed by atoms with Gasteiger partial charge in [-0.1, -0.05) is 0 Å². The maximum Gasteiger partial charge on any atom is 0.303 e. The van der Waals surface area contributed by atoms with Gasteiger partial charge < -0.3 is 21.1 Å². The van der Waals surface area contributed by atoms with Gasteiger partial charge in [0.2, 0.25) is 17.7 Å². The molecule has 0 aliphatic rings. The van der Waals surface area contributed by atoms with Gasteiger partial charge in [0.15, 0.2) is 0 Å². The Balaban J connectivity index is 4.98. The Morgan fingerprint density at radius 3 is 1.29 bits per heavy atom. The molecule has 0 fully saturated rings. The van der Waals surface area contributed by atoms with E-state index < -0.39 is 17.4 Å². The highest BCUT2D eigenvalue weighted by atomic mass is 16.4. The van der Waals surface area contributed by atoms with Crippen LogP contribution in [0.4, 0.5) is 0 Å². The zero-order valence-electron chi connectivity index (χ0n) is 18.3. The molecule has 4 N–H and O–H groups in total. The van der Waals surface area contributed by atoms with Crippen LogP contribution in [0.2, 0.25) is 0 Å². The third-order valence-electron chi connectivity index (χ3n) is 3.84. The molecule has 0 rings (SSSR count). The molecule has 0 aliphatic heterocycles. The number of carbonyl (C=O) groups is 4. The summed E-state index contributed by atoms with van der Waals surface area (Å²) in [5.41, 5.74) is -1.50. The number of amides is 3. The molecule has 0 bridgehead atoms. The van der Waals surface area contributed by atoms with Gasteiger partial charge in [-0.2, -0.15) is 0 Å². The maximum absolute atomic E-state index is 12.2. The lowest BCUT2D eigenvalue weighted by Gasteiger charge is -2.32. The van der Waals surface area contributed by atoms with Crippen molar-refractivity contribution >= 4 is 23.7 Å². The van der Waals surface area contributed by atoms with Gasteiger partial charge in [-0.05, 0) is 61.3 Å². The molecule has 162 valence electrons. The van der Waals surface area contributed by atoms with Gasteiger partial charge in [-0.15, -0.1) is 0 Å². The Labute approximate surface area is 168 Å². The molecule has 0 saturated heterocycles. The summed E-state index contributed by atoms with van der Waals surface area (Å²) in [6.07, 6.45) is 0.652. The summed E-state index contributed by atoms with van der Waals surface area (Å²) >= 11 is 0. The number of hydrogen-bond acceptors (Lipinski definition) is 4. The van der Waals surface area contributed by atoms with Crippen molar-refractivity contribution in [3.63, 3.8) is 0 Å². The van der Waals surface area contributed by atoms with Gasteiger partial charge in [0, 0.05) is 35.9 Å². The van der Waals surface area contributed by atoms with E-state index in [1.807, 2.05) is 41.5 Å². The number of carboxylic acids is 1. The van der Waals surface area contributed by atoms with Gasteiger partial charge in [-0.25, -0.2) is 0 Å². The zero-order valence-corrected chi connectivity index (χ0v) is 18.3. The summed E-state index contributed by atoms with van der Waals surface area (Å²) in [6.45, 7) is 13.1. The van der Waals surface area contributed by atoms with E-state index in [0.29, 0.717) is 12.8 Å². The molecule has 0 aromatic heterocycles. The van der Waals surface area contributed by atoms with Crippen LogP contribution in [0.3, 0.4) is 0 Å². The molecular weight excluding hydrogens is 362 g/mol. The summed E-state index contributed by atoms with van der Waals surface area (Å²) < 4.78 is 0. The Hall–Kier alpha value is -2.12. The molecule has 0 radical (unpaired) electrons. The van der Waals surface area contributed by atoms with E-state index in [4.69, 9.17) is 5.11 Å². The summed E-state index contributed by atoms with van der Waals surface area (Å²) in [7, 11) is 0. The van der Waals surface area contributed by atoms with Gasteiger partial charge in [0.1, 0.15) is 0 Å². The predicted octanol–water partition coefficient (Wildman–Crippen LogP) is 2.12. The molecule has 0 aromatic carbocycles. The van der Waals surface area contributed by atoms with E-state index in [1.54, 1.807) is 6.92 Å². The summed E-state index contributed by atoms with van der Waals surface area (Å²) in [5.74, 6) is -1.74. The molecule has 28 heavy (non-hydrogen) atoms. The zero-order chi connectivity index (χ0) is 22.2. The molecule has 0 aliphatic carbocycles. The number of rotatable bonds is 10. The Bertz CT molecular complexity index is 541. The molecule has 0 aromatic rings. The normalized spacial score (nSPS) is 12.2. The van der Waals surface area contributed by atoms with Crippen molar-refractivity contribution in [1.82, 2.24) is 16.0 Å². The van der Waals surface area contributed by atoms with Crippen molar-refractivity contribution < 1.29 is 24.3 Å². The molecular formula is C20H37N3O5. The first-order valence-electron chi connectivity index (χ1n) is 9.66. The Kier molecular flexibility index (Phi) is 9.64. The Morgan fingerprint density at radius 1 is 0.607 bits per heavy atom. The average Bonchev–Trinajstić information content (AvgIpc) is 2.46. The number of carbonyl (C=O) groups excluding carboxylic acids is 3. The van der Waals surface area contributed by atoms with E-state index >= 15 is 0 Å². The maximum atomic E-state index is 12.2. The molecule has 0 atom stereocenters.